The number of nitrogens with zero attached hydrogens (tertiary/aromatic N) is 3. The SMILES string of the molecule is COc1ccc(C)cc1NC(=O)c1nnn(-c2ccccc2Br)c1C. The average Bonchev–Trinajstić information content (AvgIpc) is 2.97. The summed E-state index contributed by atoms with van der Waals surface area (Å²) >= 11 is 3.49. The Hall–Kier alpha value is -2.67. The molecule has 0 unspecified atom stereocenters. The number of aromatic nitrogens is 3. The molecule has 7 heteroatoms. The molecule has 0 atom stereocenters. The fraction of sp³-hybridized carbons (Fsp3) is 0.167. The van der Waals surface area contributed by atoms with Crippen LogP contribution in [0.25, 0.3) is 5.69 Å². The maximum Gasteiger partial charge on any atom is 0.278 e. The summed E-state index contributed by atoms with van der Waals surface area (Å²) in [6.45, 7) is 3.76. The Morgan fingerprint density at radius 3 is 2.68 bits per heavy atom. The smallest absolute Gasteiger partial charge is 0.278 e. The lowest BCUT2D eigenvalue weighted by Crippen LogP contribution is -2.15. The number of para-hydroxylation sites is 1. The first kappa shape index (κ1) is 17.2. The van der Waals surface area contributed by atoms with E-state index < -0.39 is 0 Å². The summed E-state index contributed by atoms with van der Waals surface area (Å²) in [5, 5.41) is 11.0. The maximum absolute atomic E-state index is 12.6. The normalized spacial score (nSPS) is 10.6. The van der Waals surface area contributed by atoms with Crippen LogP contribution in [-0.2, 0) is 0 Å². The fourth-order valence-electron chi connectivity index (χ4n) is 2.49. The van der Waals surface area contributed by atoms with Gasteiger partial charge >= 0.3 is 0 Å². The van der Waals surface area contributed by atoms with Crippen LogP contribution in [0.3, 0.4) is 0 Å². The molecule has 128 valence electrons. The van der Waals surface area contributed by atoms with E-state index in [0.29, 0.717) is 17.1 Å². The number of methoxy groups -OCH3 is 1. The molecule has 0 aliphatic carbocycles. The first-order valence-electron chi connectivity index (χ1n) is 7.64. The molecular formula is C18H17BrN4O2. The Morgan fingerprint density at radius 2 is 1.96 bits per heavy atom. The van der Waals surface area contributed by atoms with Gasteiger partial charge in [0, 0.05) is 4.47 Å². The molecule has 0 spiro atoms. The Kier molecular flexibility index (Phi) is 4.85. The molecule has 0 aliphatic rings. The number of nitrogens with one attached hydrogen (secondary N) is 1. The van der Waals surface area contributed by atoms with Gasteiger partial charge in [-0.1, -0.05) is 23.4 Å². The van der Waals surface area contributed by atoms with Crippen LogP contribution < -0.4 is 10.1 Å². The zero-order chi connectivity index (χ0) is 18.0. The van der Waals surface area contributed by atoms with Crippen LogP contribution in [0.15, 0.2) is 46.9 Å². The van der Waals surface area contributed by atoms with Gasteiger partial charge in [-0.05, 0) is 59.6 Å². The highest BCUT2D eigenvalue weighted by atomic mass is 79.9. The lowest BCUT2D eigenvalue weighted by atomic mass is 10.2. The minimum atomic E-state index is -0.334. The molecule has 3 rings (SSSR count). The Balaban J connectivity index is 1.92. The van der Waals surface area contributed by atoms with Crippen LogP contribution in [0.2, 0.25) is 0 Å². The van der Waals surface area contributed by atoms with E-state index in [1.807, 2.05) is 56.3 Å². The molecule has 0 aliphatic heterocycles. The second-order valence-electron chi connectivity index (χ2n) is 5.54. The Labute approximate surface area is 153 Å². The van der Waals surface area contributed by atoms with Gasteiger partial charge in [0.1, 0.15) is 5.75 Å². The average molecular weight is 401 g/mol. The quantitative estimate of drug-likeness (QED) is 0.720. The highest BCUT2D eigenvalue weighted by molar-refractivity contribution is 9.10. The van der Waals surface area contributed by atoms with Gasteiger partial charge in [-0.3, -0.25) is 4.79 Å². The number of carbonyl (C=O) groups is 1. The van der Waals surface area contributed by atoms with Crippen LogP contribution >= 0.6 is 15.9 Å². The van der Waals surface area contributed by atoms with Gasteiger partial charge in [0.25, 0.3) is 5.91 Å². The zero-order valence-electron chi connectivity index (χ0n) is 14.1. The number of halogens is 1. The molecule has 2 aromatic carbocycles. The van der Waals surface area contributed by atoms with Crippen molar-refractivity contribution in [2.75, 3.05) is 12.4 Å². The molecule has 1 heterocycles. The van der Waals surface area contributed by atoms with Crippen LogP contribution in [0.4, 0.5) is 5.69 Å². The molecule has 3 aromatic rings. The van der Waals surface area contributed by atoms with Crippen LogP contribution in [0.1, 0.15) is 21.7 Å². The third kappa shape index (κ3) is 3.41. The van der Waals surface area contributed by atoms with Crippen molar-refractivity contribution < 1.29 is 9.53 Å². The molecule has 0 saturated carbocycles. The van der Waals surface area contributed by atoms with E-state index in [0.717, 1.165) is 15.7 Å². The van der Waals surface area contributed by atoms with E-state index in [-0.39, 0.29) is 11.6 Å². The molecule has 0 bridgehead atoms. The summed E-state index contributed by atoms with van der Waals surface area (Å²) in [7, 11) is 1.56. The number of hydrogen-bond acceptors (Lipinski definition) is 4. The molecule has 0 fully saturated rings. The third-order valence-electron chi connectivity index (χ3n) is 3.79. The number of amides is 1. The van der Waals surface area contributed by atoms with E-state index in [9.17, 15) is 4.79 Å². The monoisotopic (exact) mass is 400 g/mol. The molecule has 0 radical (unpaired) electrons. The van der Waals surface area contributed by atoms with E-state index in [2.05, 4.69) is 31.6 Å². The van der Waals surface area contributed by atoms with Crippen molar-refractivity contribution in [1.29, 1.82) is 0 Å². The number of benzene rings is 2. The van der Waals surface area contributed by atoms with E-state index in [4.69, 9.17) is 4.74 Å². The van der Waals surface area contributed by atoms with Crippen LogP contribution in [0, 0.1) is 13.8 Å². The lowest BCUT2D eigenvalue weighted by Gasteiger charge is -2.10. The van der Waals surface area contributed by atoms with Crippen molar-refractivity contribution in [3.8, 4) is 11.4 Å². The van der Waals surface area contributed by atoms with E-state index in [1.54, 1.807) is 11.8 Å². The van der Waals surface area contributed by atoms with Crippen molar-refractivity contribution >= 4 is 27.5 Å². The molecule has 1 amide bonds. The highest BCUT2D eigenvalue weighted by Gasteiger charge is 2.19. The fourth-order valence-corrected chi connectivity index (χ4v) is 2.95. The van der Waals surface area contributed by atoms with Crippen LogP contribution in [-0.4, -0.2) is 28.0 Å². The zero-order valence-corrected chi connectivity index (χ0v) is 15.7. The predicted molar refractivity (Wildman–Crippen MR) is 99.5 cm³/mol. The topological polar surface area (TPSA) is 69.0 Å². The first-order valence-corrected chi connectivity index (χ1v) is 8.43. The number of hydrogen-bond donors (Lipinski definition) is 1. The third-order valence-corrected chi connectivity index (χ3v) is 4.46. The lowest BCUT2D eigenvalue weighted by molar-refractivity contribution is 0.102. The van der Waals surface area contributed by atoms with Gasteiger partial charge < -0.3 is 10.1 Å². The summed E-state index contributed by atoms with van der Waals surface area (Å²) < 4.78 is 7.80. The summed E-state index contributed by atoms with van der Waals surface area (Å²) in [6, 6.07) is 13.2. The molecular weight excluding hydrogens is 384 g/mol. The summed E-state index contributed by atoms with van der Waals surface area (Å²) in [5.41, 5.74) is 3.35. The number of carbonyl (C=O) groups excluding carboxylic acids is 1. The summed E-state index contributed by atoms with van der Waals surface area (Å²) in [5.74, 6) is 0.259. The Morgan fingerprint density at radius 1 is 1.20 bits per heavy atom. The van der Waals surface area contributed by atoms with Gasteiger partial charge in [0.05, 0.1) is 24.2 Å². The van der Waals surface area contributed by atoms with Gasteiger partial charge in [-0.25, -0.2) is 4.68 Å². The van der Waals surface area contributed by atoms with Crippen molar-refractivity contribution in [2.24, 2.45) is 0 Å². The number of rotatable bonds is 4. The van der Waals surface area contributed by atoms with Crippen molar-refractivity contribution in [3.63, 3.8) is 0 Å². The largest absolute Gasteiger partial charge is 0.495 e. The number of ether oxygens (including phenoxy) is 1. The van der Waals surface area contributed by atoms with Gasteiger partial charge in [0.15, 0.2) is 5.69 Å². The van der Waals surface area contributed by atoms with Crippen molar-refractivity contribution in [1.82, 2.24) is 15.0 Å². The van der Waals surface area contributed by atoms with Crippen molar-refractivity contribution in [2.45, 2.75) is 13.8 Å². The molecule has 0 saturated heterocycles. The van der Waals surface area contributed by atoms with Crippen LogP contribution in [0.5, 0.6) is 5.75 Å². The minimum absolute atomic E-state index is 0.263. The first-order chi connectivity index (χ1) is 12.0. The molecule has 6 nitrogen and oxygen atoms in total. The summed E-state index contributed by atoms with van der Waals surface area (Å²) in [4.78, 5) is 12.6. The minimum Gasteiger partial charge on any atom is -0.495 e. The highest BCUT2D eigenvalue weighted by Crippen LogP contribution is 2.26. The molecule has 1 aromatic heterocycles. The van der Waals surface area contributed by atoms with Gasteiger partial charge in [-0.2, -0.15) is 0 Å². The van der Waals surface area contributed by atoms with Gasteiger partial charge in [0.2, 0.25) is 0 Å². The second kappa shape index (κ2) is 7.06. The van der Waals surface area contributed by atoms with Gasteiger partial charge in [-0.15, -0.1) is 5.10 Å². The maximum atomic E-state index is 12.6. The Bertz CT molecular complexity index is 937. The number of anilines is 1. The second-order valence-corrected chi connectivity index (χ2v) is 6.40. The predicted octanol–water partition coefficient (Wildman–Crippen LogP) is 3.91. The standard InChI is InChI=1S/C18H17BrN4O2/c1-11-8-9-16(25-3)14(10-11)20-18(24)17-12(2)23(22-21-17)15-7-5-4-6-13(15)19/h4-10H,1-3H3,(H,20,24). The molecule has 25 heavy (non-hydrogen) atoms. The van der Waals surface area contributed by atoms with E-state index in [1.165, 1.54) is 0 Å². The number of aryl methyl sites for hydroxylation is 1. The van der Waals surface area contributed by atoms with E-state index >= 15 is 0 Å². The summed E-state index contributed by atoms with van der Waals surface area (Å²) in [6.07, 6.45) is 0. The molecule has 1 N–H and O–H groups in total. The van der Waals surface area contributed by atoms with Crippen molar-refractivity contribution in [3.05, 3.63) is 63.9 Å².